The fourth-order valence-electron chi connectivity index (χ4n) is 2.53. The molecule has 1 saturated heterocycles. The van der Waals surface area contributed by atoms with Gasteiger partial charge in [-0.05, 0) is 24.6 Å². The molecule has 0 radical (unpaired) electrons. The molecule has 1 heterocycles. The lowest BCUT2D eigenvalue weighted by Gasteiger charge is -2.35. The average Bonchev–Trinajstić information content (AvgIpc) is 2.41. The van der Waals surface area contributed by atoms with Crippen molar-refractivity contribution >= 4 is 0 Å². The van der Waals surface area contributed by atoms with Gasteiger partial charge in [0, 0.05) is 39.3 Å². The van der Waals surface area contributed by atoms with Gasteiger partial charge in [0.25, 0.3) is 0 Å². The number of piperazine rings is 1. The van der Waals surface area contributed by atoms with Gasteiger partial charge in [-0.2, -0.15) is 0 Å². The fraction of sp³-hybridized carbons (Fsp3) is 0.600. The summed E-state index contributed by atoms with van der Waals surface area (Å²) >= 11 is 0. The van der Waals surface area contributed by atoms with E-state index in [9.17, 15) is 5.11 Å². The standard InChI is InChI=1S/C15H24N2O2/c1-13(18)11-16-6-8-17(9-7-16)12-14-4-3-5-15(10-14)19-2/h3-5,10,13,18H,6-9,11-12H2,1-2H3/t13-/m0/s1. The first-order chi connectivity index (χ1) is 9.17. The molecule has 4 nitrogen and oxygen atoms in total. The van der Waals surface area contributed by atoms with Gasteiger partial charge in [-0.1, -0.05) is 12.1 Å². The van der Waals surface area contributed by atoms with Crippen LogP contribution in [0.3, 0.4) is 0 Å². The first-order valence-electron chi connectivity index (χ1n) is 6.93. The maximum Gasteiger partial charge on any atom is 0.119 e. The van der Waals surface area contributed by atoms with Crippen LogP contribution in [0.25, 0.3) is 0 Å². The Kier molecular flexibility index (Phi) is 5.19. The third kappa shape index (κ3) is 4.49. The minimum Gasteiger partial charge on any atom is -0.497 e. The molecule has 19 heavy (non-hydrogen) atoms. The second-order valence-electron chi connectivity index (χ2n) is 5.28. The summed E-state index contributed by atoms with van der Waals surface area (Å²) in [5.41, 5.74) is 1.29. The Morgan fingerprint density at radius 2 is 1.89 bits per heavy atom. The fourth-order valence-corrected chi connectivity index (χ4v) is 2.53. The summed E-state index contributed by atoms with van der Waals surface area (Å²) in [7, 11) is 1.70. The highest BCUT2D eigenvalue weighted by Crippen LogP contribution is 2.15. The number of aliphatic hydroxyl groups is 1. The molecule has 1 N–H and O–H groups in total. The minimum atomic E-state index is -0.232. The summed E-state index contributed by atoms with van der Waals surface area (Å²) in [6.45, 7) is 7.80. The van der Waals surface area contributed by atoms with Crippen LogP contribution in [0.1, 0.15) is 12.5 Å². The van der Waals surface area contributed by atoms with Crippen molar-refractivity contribution in [1.82, 2.24) is 9.80 Å². The molecule has 2 rings (SSSR count). The van der Waals surface area contributed by atoms with Crippen molar-refractivity contribution in [3.63, 3.8) is 0 Å². The van der Waals surface area contributed by atoms with Crippen LogP contribution in [0, 0.1) is 0 Å². The van der Waals surface area contributed by atoms with Crippen LogP contribution in [0.4, 0.5) is 0 Å². The maximum absolute atomic E-state index is 9.39. The topological polar surface area (TPSA) is 35.9 Å². The first kappa shape index (κ1) is 14.3. The van der Waals surface area contributed by atoms with Gasteiger partial charge < -0.3 is 9.84 Å². The maximum atomic E-state index is 9.39. The normalized spacial score (nSPS) is 19.3. The smallest absolute Gasteiger partial charge is 0.119 e. The number of aliphatic hydroxyl groups excluding tert-OH is 1. The summed E-state index contributed by atoms with van der Waals surface area (Å²) in [6, 6.07) is 8.26. The second-order valence-corrected chi connectivity index (χ2v) is 5.28. The van der Waals surface area contributed by atoms with Gasteiger partial charge >= 0.3 is 0 Å². The number of rotatable bonds is 5. The van der Waals surface area contributed by atoms with E-state index in [1.54, 1.807) is 7.11 Å². The summed E-state index contributed by atoms with van der Waals surface area (Å²) in [5, 5.41) is 9.39. The van der Waals surface area contributed by atoms with E-state index in [0.717, 1.165) is 45.0 Å². The largest absolute Gasteiger partial charge is 0.497 e. The third-order valence-corrected chi connectivity index (χ3v) is 3.53. The Hall–Kier alpha value is -1.10. The molecule has 0 amide bonds. The zero-order chi connectivity index (χ0) is 13.7. The van der Waals surface area contributed by atoms with Gasteiger partial charge in [-0.15, -0.1) is 0 Å². The molecule has 106 valence electrons. The van der Waals surface area contributed by atoms with Crippen molar-refractivity contribution < 1.29 is 9.84 Å². The van der Waals surface area contributed by atoms with E-state index in [1.807, 2.05) is 19.1 Å². The zero-order valence-electron chi connectivity index (χ0n) is 11.9. The van der Waals surface area contributed by atoms with Gasteiger partial charge in [-0.3, -0.25) is 9.80 Å². The molecule has 4 heteroatoms. The Labute approximate surface area is 115 Å². The number of β-amino-alcohol motifs (C(OH)–C–C–N with tert-alkyl or cyclic N) is 1. The van der Waals surface area contributed by atoms with Gasteiger partial charge in [0.2, 0.25) is 0 Å². The molecule has 1 aliphatic heterocycles. The van der Waals surface area contributed by atoms with E-state index in [0.29, 0.717) is 0 Å². The second kappa shape index (κ2) is 6.89. The van der Waals surface area contributed by atoms with Crippen LogP contribution in [0.15, 0.2) is 24.3 Å². The third-order valence-electron chi connectivity index (χ3n) is 3.53. The number of benzene rings is 1. The van der Waals surface area contributed by atoms with Crippen molar-refractivity contribution in [2.45, 2.75) is 19.6 Å². The van der Waals surface area contributed by atoms with Crippen LogP contribution in [-0.4, -0.2) is 60.8 Å². The Morgan fingerprint density at radius 1 is 1.21 bits per heavy atom. The van der Waals surface area contributed by atoms with Gasteiger partial charge in [-0.25, -0.2) is 0 Å². The van der Waals surface area contributed by atoms with Crippen molar-refractivity contribution in [1.29, 1.82) is 0 Å². The molecule has 1 aliphatic rings. The molecule has 1 fully saturated rings. The molecular weight excluding hydrogens is 240 g/mol. The highest BCUT2D eigenvalue weighted by Gasteiger charge is 2.17. The lowest BCUT2D eigenvalue weighted by molar-refractivity contribution is 0.0780. The summed E-state index contributed by atoms with van der Waals surface area (Å²) in [4.78, 5) is 4.78. The molecule has 1 aromatic rings. The average molecular weight is 264 g/mol. The number of hydrogen-bond donors (Lipinski definition) is 1. The van der Waals surface area contributed by atoms with E-state index in [1.165, 1.54) is 5.56 Å². The SMILES string of the molecule is COc1cccc(CN2CCN(C[C@H](C)O)CC2)c1. The molecule has 0 spiro atoms. The zero-order valence-corrected chi connectivity index (χ0v) is 11.9. The van der Waals surface area contributed by atoms with Gasteiger partial charge in [0.1, 0.15) is 5.75 Å². The molecule has 0 aliphatic carbocycles. The van der Waals surface area contributed by atoms with Crippen molar-refractivity contribution in [3.05, 3.63) is 29.8 Å². The van der Waals surface area contributed by atoms with E-state index >= 15 is 0 Å². The molecular formula is C15H24N2O2. The molecule has 0 saturated carbocycles. The molecule has 1 aromatic carbocycles. The Morgan fingerprint density at radius 3 is 2.53 bits per heavy atom. The van der Waals surface area contributed by atoms with Gasteiger partial charge in [0.05, 0.1) is 13.2 Å². The highest BCUT2D eigenvalue weighted by atomic mass is 16.5. The summed E-state index contributed by atoms with van der Waals surface area (Å²) < 4.78 is 5.25. The highest BCUT2D eigenvalue weighted by molar-refractivity contribution is 5.28. The lowest BCUT2D eigenvalue weighted by Crippen LogP contribution is -2.47. The number of hydrogen-bond acceptors (Lipinski definition) is 4. The first-order valence-corrected chi connectivity index (χ1v) is 6.93. The van der Waals surface area contributed by atoms with E-state index < -0.39 is 0 Å². The number of ether oxygens (including phenoxy) is 1. The van der Waals surface area contributed by atoms with Crippen LogP contribution in [-0.2, 0) is 6.54 Å². The lowest BCUT2D eigenvalue weighted by atomic mass is 10.2. The van der Waals surface area contributed by atoms with Crippen molar-refractivity contribution in [3.8, 4) is 5.75 Å². The molecule has 1 atom stereocenters. The number of nitrogens with zero attached hydrogens (tertiary/aromatic N) is 2. The van der Waals surface area contributed by atoms with E-state index in [2.05, 4.69) is 21.9 Å². The summed E-state index contributed by atoms with van der Waals surface area (Å²) in [5.74, 6) is 0.922. The van der Waals surface area contributed by atoms with E-state index in [-0.39, 0.29) is 6.10 Å². The molecule has 0 aromatic heterocycles. The van der Waals surface area contributed by atoms with Crippen molar-refractivity contribution in [2.24, 2.45) is 0 Å². The molecule has 0 unspecified atom stereocenters. The molecule has 0 bridgehead atoms. The van der Waals surface area contributed by atoms with Crippen LogP contribution < -0.4 is 4.74 Å². The monoisotopic (exact) mass is 264 g/mol. The number of methoxy groups -OCH3 is 1. The minimum absolute atomic E-state index is 0.232. The summed E-state index contributed by atoms with van der Waals surface area (Å²) in [6.07, 6.45) is -0.232. The predicted molar refractivity (Wildman–Crippen MR) is 76.4 cm³/mol. The van der Waals surface area contributed by atoms with Gasteiger partial charge in [0.15, 0.2) is 0 Å². The van der Waals surface area contributed by atoms with Crippen molar-refractivity contribution in [2.75, 3.05) is 39.8 Å². The Balaban J connectivity index is 1.81. The van der Waals surface area contributed by atoms with E-state index in [4.69, 9.17) is 4.74 Å². The van der Waals surface area contributed by atoms with Crippen LogP contribution in [0.5, 0.6) is 5.75 Å². The quantitative estimate of drug-likeness (QED) is 0.867. The van der Waals surface area contributed by atoms with Crippen LogP contribution in [0.2, 0.25) is 0 Å². The Bertz CT molecular complexity index is 387. The predicted octanol–water partition coefficient (Wildman–Crippen LogP) is 1.19. The van der Waals surface area contributed by atoms with Crippen LogP contribution >= 0.6 is 0 Å².